The van der Waals surface area contributed by atoms with Crippen LogP contribution in [0.15, 0.2) is 41.4 Å². The molecule has 0 radical (unpaired) electrons. The van der Waals surface area contributed by atoms with E-state index in [1.54, 1.807) is 6.20 Å². The number of halogens is 1. The summed E-state index contributed by atoms with van der Waals surface area (Å²) in [6.45, 7) is 2.27. The second kappa shape index (κ2) is 7.31. The Morgan fingerprint density at radius 2 is 2.26 bits per heavy atom. The number of rotatable bonds is 7. The molecule has 0 aliphatic heterocycles. The average Bonchev–Trinajstić information content (AvgIpc) is 2.90. The summed E-state index contributed by atoms with van der Waals surface area (Å²) in [6, 6.07) is 6.12. The van der Waals surface area contributed by atoms with Gasteiger partial charge in [0.2, 0.25) is 0 Å². The molecule has 2 N–H and O–H groups in total. The molecule has 1 aromatic heterocycles. The van der Waals surface area contributed by atoms with Crippen molar-refractivity contribution in [3.8, 4) is 5.75 Å². The normalized spacial score (nSPS) is 10.6. The van der Waals surface area contributed by atoms with E-state index in [-0.39, 0.29) is 0 Å². The number of aryl methyl sites for hydroxylation is 1. The third-order valence-electron chi connectivity index (χ3n) is 2.81. The molecule has 2 rings (SSSR count). The van der Waals surface area contributed by atoms with Crippen LogP contribution in [0.4, 0.5) is 0 Å². The molecule has 4 nitrogen and oxygen atoms in total. The summed E-state index contributed by atoms with van der Waals surface area (Å²) in [4.78, 5) is 4.00. The summed E-state index contributed by atoms with van der Waals surface area (Å²) >= 11 is 3.53. The summed E-state index contributed by atoms with van der Waals surface area (Å²) in [5, 5.41) is 0. The first-order valence-corrected chi connectivity index (χ1v) is 7.16. The van der Waals surface area contributed by atoms with E-state index < -0.39 is 0 Å². The Kier molecular flexibility index (Phi) is 5.42. The molecule has 5 heteroatoms. The van der Waals surface area contributed by atoms with Crippen LogP contribution < -0.4 is 10.5 Å². The maximum atomic E-state index is 5.76. The SMILES string of the molecule is NCCc1ccc(OCCCn2ccnc2)c(Br)c1. The second-order valence-corrected chi connectivity index (χ2v) is 5.16. The molecular weight excluding hydrogens is 306 g/mol. The Balaban J connectivity index is 1.79. The fraction of sp³-hybridized carbons (Fsp3) is 0.357. The summed E-state index contributed by atoms with van der Waals surface area (Å²) in [5.74, 6) is 0.881. The molecular formula is C14H18BrN3O. The minimum absolute atomic E-state index is 0.664. The van der Waals surface area contributed by atoms with Crippen LogP contribution in [0, 0.1) is 0 Å². The van der Waals surface area contributed by atoms with Gasteiger partial charge in [-0.05, 0) is 53.0 Å². The van der Waals surface area contributed by atoms with Gasteiger partial charge >= 0.3 is 0 Å². The molecule has 102 valence electrons. The zero-order valence-electron chi connectivity index (χ0n) is 10.8. The zero-order valence-corrected chi connectivity index (χ0v) is 12.3. The monoisotopic (exact) mass is 323 g/mol. The minimum atomic E-state index is 0.664. The van der Waals surface area contributed by atoms with Gasteiger partial charge in [-0.1, -0.05) is 6.07 Å². The van der Waals surface area contributed by atoms with E-state index in [1.165, 1.54) is 5.56 Å². The first-order valence-electron chi connectivity index (χ1n) is 6.36. The highest BCUT2D eigenvalue weighted by Gasteiger charge is 2.02. The van der Waals surface area contributed by atoms with Crippen molar-refractivity contribution in [2.24, 2.45) is 5.73 Å². The first kappa shape index (κ1) is 14.1. The second-order valence-electron chi connectivity index (χ2n) is 4.31. The van der Waals surface area contributed by atoms with Crippen LogP contribution in [-0.2, 0) is 13.0 Å². The molecule has 1 heterocycles. The average molecular weight is 324 g/mol. The lowest BCUT2D eigenvalue weighted by molar-refractivity contribution is 0.300. The van der Waals surface area contributed by atoms with Gasteiger partial charge in [0.25, 0.3) is 0 Å². The van der Waals surface area contributed by atoms with Crippen LogP contribution >= 0.6 is 15.9 Å². The Bertz CT molecular complexity index is 499. The van der Waals surface area contributed by atoms with Gasteiger partial charge in [-0.3, -0.25) is 0 Å². The van der Waals surface area contributed by atoms with Crippen LogP contribution in [0.3, 0.4) is 0 Å². The summed E-state index contributed by atoms with van der Waals surface area (Å²) in [6.07, 6.45) is 7.40. The Labute approximate surface area is 121 Å². The number of hydrogen-bond acceptors (Lipinski definition) is 3. The van der Waals surface area contributed by atoms with Crippen LogP contribution in [0.5, 0.6) is 5.75 Å². The number of imidazole rings is 1. The van der Waals surface area contributed by atoms with E-state index in [0.717, 1.165) is 29.6 Å². The van der Waals surface area contributed by atoms with Crippen LogP contribution in [-0.4, -0.2) is 22.7 Å². The minimum Gasteiger partial charge on any atom is -0.492 e. The van der Waals surface area contributed by atoms with Gasteiger partial charge < -0.3 is 15.0 Å². The standard InChI is InChI=1S/C14H18BrN3O/c15-13-10-12(4-5-16)2-3-14(13)19-9-1-7-18-8-6-17-11-18/h2-3,6,8,10-11H,1,4-5,7,9,16H2. The molecule has 0 aliphatic rings. The molecule has 0 amide bonds. The highest BCUT2D eigenvalue weighted by Crippen LogP contribution is 2.26. The van der Waals surface area contributed by atoms with Crippen LogP contribution in [0.2, 0.25) is 0 Å². The maximum Gasteiger partial charge on any atom is 0.133 e. The van der Waals surface area contributed by atoms with E-state index in [2.05, 4.69) is 33.0 Å². The van der Waals surface area contributed by atoms with E-state index in [9.17, 15) is 0 Å². The van der Waals surface area contributed by atoms with E-state index in [1.807, 2.05) is 23.2 Å². The topological polar surface area (TPSA) is 53.1 Å². The Morgan fingerprint density at radius 1 is 1.37 bits per heavy atom. The number of aromatic nitrogens is 2. The number of nitrogens with two attached hydrogens (primary N) is 1. The molecule has 0 saturated heterocycles. The Morgan fingerprint density at radius 3 is 2.95 bits per heavy atom. The highest BCUT2D eigenvalue weighted by molar-refractivity contribution is 9.10. The van der Waals surface area contributed by atoms with Crippen molar-refractivity contribution in [1.29, 1.82) is 0 Å². The molecule has 0 fully saturated rings. The smallest absolute Gasteiger partial charge is 0.133 e. The molecule has 0 saturated carbocycles. The molecule has 0 atom stereocenters. The Hall–Kier alpha value is -1.33. The van der Waals surface area contributed by atoms with Crippen molar-refractivity contribution in [1.82, 2.24) is 9.55 Å². The lowest BCUT2D eigenvalue weighted by atomic mass is 10.1. The van der Waals surface area contributed by atoms with Gasteiger partial charge in [-0.15, -0.1) is 0 Å². The summed E-state index contributed by atoms with van der Waals surface area (Å²) in [7, 11) is 0. The molecule has 2 aromatic rings. The third kappa shape index (κ3) is 4.36. The van der Waals surface area contributed by atoms with Gasteiger partial charge in [0.1, 0.15) is 5.75 Å². The van der Waals surface area contributed by atoms with Crippen molar-refractivity contribution in [2.45, 2.75) is 19.4 Å². The van der Waals surface area contributed by atoms with Crippen molar-refractivity contribution < 1.29 is 4.74 Å². The van der Waals surface area contributed by atoms with Crippen LogP contribution in [0.25, 0.3) is 0 Å². The van der Waals surface area contributed by atoms with Gasteiger partial charge in [0.05, 0.1) is 17.4 Å². The van der Waals surface area contributed by atoms with Crippen molar-refractivity contribution in [3.63, 3.8) is 0 Å². The number of ether oxygens (including phenoxy) is 1. The summed E-state index contributed by atoms with van der Waals surface area (Å²) in [5.41, 5.74) is 6.76. The molecule has 1 aromatic carbocycles. The van der Waals surface area contributed by atoms with Gasteiger partial charge in [0, 0.05) is 18.9 Å². The predicted molar refractivity (Wildman–Crippen MR) is 79.2 cm³/mol. The lowest BCUT2D eigenvalue weighted by Gasteiger charge is -2.09. The fourth-order valence-electron chi connectivity index (χ4n) is 1.83. The zero-order chi connectivity index (χ0) is 13.5. The van der Waals surface area contributed by atoms with Gasteiger partial charge in [-0.2, -0.15) is 0 Å². The van der Waals surface area contributed by atoms with E-state index >= 15 is 0 Å². The lowest BCUT2D eigenvalue weighted by Crippen LogP contribution is -2.04. The molecule has 0 unspecified atom stereocenters. The molecule has 0 bridgehead atoms. The molecule has 0 spiro atoms. The first-order chi connectivity index (χ1) is 9.29. The van der Waals surface area contributed by atoms with Gasteiger partial charge in [-0.25, -0.2) is 4.98 Å². The number of benzene rings is 1. The largest absolute Gasteiger partial charge is 0.492 e. The molecule has 19 heavy (non-hydrogen) atoms. The van der Waals surface area contributed by atoms with E-state index in [4.69, 9.17) is 10.5 Å². The highest BCUT2D eigenvalue weighted by atomic mass is 79.9. The summed E-state index contributed by atoms with van der Waals surface area (Å²) < 4.78 is 8.79. The van der Waals surface area contributed by atoms with Crippen molar-refractivity contribution in [3.05, 3.63) is 47.0 Å². The quantitative estimate of drug-likeness (QED) is 0.797. The van der Waals surface area contributed by atoms with E-state index in [0.29, 0.717) is 13.2 Å². The maximum absolute atomic E-state index is 5.76. The van der Waals surface area contributed by atoms with Crippen LogP contribution in [0.1, 0.15) is 12.0 Å². The fourth-order valence-corrected chi connectivity index (χ4v) is 2.37. The number of hydrogen-bond donors (Lipinski definition) is 1. The van der Waals surface area contributed by atoms with Crippen molar-refractivity contribution >= 4 is 15.9 Å². The number of nitrogens with zero attached hydrogens (tertiary/aromatic N) is 2. The van der Waals surface area contributed by atoms with Gasteiger partial charge in [0.15, 0.2) is 0 Å². The third-order valence-corrected chi connectivity index (χ3v) is 3.43. The van der Waals surface area contributed by atoms with Crippen molar-refractivity contribution in [2.75, 3.05) is 13.2 Å². The molecule has 0 aliphatic carbocycles. The predicted octanol–water partition coefficient (Wildman–Crippen LogP) is 2.62.